The fraction of sp³-hybridized carbons (Fsp3) is 0.250. The van der Waals surface area contributed by atoms with Crippen molar-refractivity contribution in [2.24, 2.45) is 0 Å². The smallest absolute Gasteiger partial charge is 0.333 e. The second-order valence-corrected chi connectivity index (χ2v) is 6.75. The maximum atomic E-state index is 11.4. The zero-order chi connectivity index (χ0) is 19.2. The first-order valence-corrected chi connectivity index (χ1v) is 9.28. The average molecular weight is 408 g/mol. The van der Waals surface area contributed by atoms with Crippen molar-refractivity contribution in [3.05, 3.63) is 63.6 Å². The van der Waals surface area contributed by atoms with Gasteiger partial charge in [0.1, 0.15) is 29.7 Å². The summed E-state index contributed by atoms with van der Waals surface area (Å²) in [7, 11) is 0. The fourth-order valence-electron chi connectivity index (χ4n) is 2.87. The minimum Gasteiger partial charge on any atom is -0.490 e. The lowest BCUT2D eigenvalue weighted by Gasteiger charge is -2.19. The van der Waals surface area contributed by atoms with E-state index in [9.17, 15) is 9.90 Å². The van der Waals surface area contributed by atoms with Crippen LogP contribution in [0.15, 0.2) is 48.0 Å². The van der Waals surface area contributed by atoms with Crippen LogP contribution in [0.25, 0.3) is 5.57 Å². The summed E-state index contributed by atoms with van der Waals surface area (Å²) in [5.74, 6) is 0.322. The predicted octanol–water partition coefficient (Wildman–Crippen LogP) is 4.28. The van der Waals surface area contributed by atoms with Gasteiger partial charge in [-0.05, 0) is 48.4 Å². The highest BCUT2D eigenvalue weighted by Crippen LogP contribution is 2.31. The average Bonchev–Trinajstić information content (AvgIpc) is 2.69. The number of carboxylic acid groups (broad SMARTS) is 1. The molecule has 7 heteroatoms. The van der Waals surface area contributed by atoms with Gasteiger partial charge in [-0.1, -0.05) is 41.4 Å². The van der Waals surface area contributed by atoms with Gasteiger partial charge < -0.3 is 19.9 Å². The Balaban J connectivity index is 1.56. The van der Waals surface area contributed by atoms with E-state index in [-0.39, 0.29) is 0 Å². The van der Waals surface area contributed by atoms with E-state index in [0.29, 0.717) is 53.3 Å². The van der Waals surface area contributed by atoms with E-state index in [1.165, 1.54) is 0 Å². The van der Waals surface area contributed by atoms with Gasteiger partial charge in [0.15, 0.2) is 0 Å². The van der Waals surface area contributed by atoms with Crippen molar-refractivity contribution in [3.8, 4) is 11.5 Å². The molecule has 0 fully saturated rings. The van der Waals surface area contributed by atoms with Crippen LogP contribution >= 0.6 is 23.2 Å². The van der Waals surface area contributed by atoms with Crippen molar-refractivity contribution < 1.29 is 19.4 Å². The van der Waals surface area contributed by atoms with Gasteiger partial charge in [-0.25, -0.2) is 4.79 Å². The molecule has 0 bridgehead atoms. The predicted molar refractivity (Wildman–Crippen MR) is 106 cm³/mol. The number of hydrogen-bond donors (Lipinski definition) is 2. The topological polar surface area (TPSA) is 67.8 Å². The highest BCUT2D eigenvalue weighted by Gasteiger charge is 2.19. The zero-order valence-electron chi connectivity index (χ0n) is 14.5. The Morgan fingerprint density at radius 2 is 1.81 bits per heavy atom. The third kappa shape index (κ3) is 4.95. The summed E-state index contributed by atoms with van der Waals surface area (Å²) in [6.07, 6.45) is 0.691. The number of ether oxygens (including phenoxy) is 2. The summed E-state index contributed by atoms with van der Waals surface area (Å²) < 4.78 is 11.2. The van der Waals surface area contributed by atoms with Crippen LogP contribution in [0.1, 0.15) is 12.0 Å². The number of benzene rings is 2. The van der Waals surface area contributed by atoms with Gasteiger partial charge in [-0.2, -0.15) is 0 Å². The number of aliphatic carboxylic acids is 1. The van der Waals surface area contributed by atoms with Gasteiger partial charge in [-0.15, -0.1) is 0 Å². The molecule has 142 valence electrons. The molecular weight excluding hydrogens is 389 g/mol. The molecule has 2 aromatic carbocycles. The number of halogens is 2. The Bertz CT molecular complexity index is 850. The van der Waals surface area contributed by atoms with Crippen LogP contribution in [0.3, 0.4) is 0 Å². The van der Waals surface area contributed by atoms with Gasteiger partial charge in [0.25, 0.3) is 0 Å². The van der Waals surface area contributed by atoms with Crippen LogP contribution in [0.5, 0.6) is 11.5 Å². The number of carboxylic acids is 1. The third-order valence-corrected chi connectivity index (χ3v) is 5.01. The normalized spacial score (nSPS) is 14.1. The number of rotatable bonds is 7. The Kier molecular flexibility index (Phi) is 6.61. The molecule has 2 N–H and O–H groups in total. The highest BCUT2D eigenvalue weighted by molar-refractivity contribution is 6.42. The Morgan fingerprint density at radius 1 is 1.07 bits per heavy atom. The second kappa shape index (κ2) is 9.13. The van der Waals surface area contributed by atoms with Crippen LogP contribution in [-0.2, 0) is 4.79 Å². The molecule has 0 saturated heterocycles. The quantitative estimate of drug-likeness (QED) is 0.670. The van der Waals surface area contributed by atoms with Crippen LogP contribution in [0, 0.1) is 0 Å². The largest absolute Gasteiger partial charge is 0.490 e. The molecule has 2 aromatic rings. The molecular formula is C20H19Cl2NO4. The molecule has 5 nitrogen and oxygen atoms in total. The molecule has 0 atom stereocenters. The summed E-state index contributed by atoms with van der Waals surface area (Å²) in [6, 6.07) is 12.6. The van der Waals surface area contributed by atoms with E-state index >= 15 is 0 Å². The van der Waals surface area contributed by atoms with E-state index in [4.69, 9.17) is 32.7 Å². The number of hydrogen-bond acceptors (Lipinski definition) is 4. The molecule has 0 unspecified atom stereocenters. The standard InChI is InChI=1S/C20H19Cl2NO4/c21-17-2-1-3-18(19(17)22)27-11-10-26-14-6-4-13(5-7-14)15-8-9-23-12-16(15)20(24)25/h1-7,23H,8-12H2,(H,24,25). The van der Waals surface area contributed by atoms with Crippen molar-refractivity contribution in [1.29, 1.82) is 0 Å². The molecule has 1 aliphatic heterocycles. The van der Waals surface area contributed by atoms with E-state index in [1.54, 1.807) is 18.2 Å². The van der Waals surface area contributed by atoms with Crippen LogP contribution in [-0.4, -0.2) is 37.4 Å². The van der Waals surface area contributed by atoms with Crippen molar-refractivity contribution in [1.82, 2.24) is 5.32 Å². The second-order valence-electron chi connectivity index (χ2n) is 5.96. The molecule has 0 saturated carbocycles. The third-order valence-electron chi connectivity index (χ3n) is 4.20. The van der Waals surface area contributed by atoms with E-state index in [2.05, 4.69) is 5.32 Å². The molecule has 1 heterocycles. The minimum absolute atomic E-state index is 0.321. The van der Waals surface area contributed by atoms with Crippen LogP contribution < -0.4 is 14.8 Å². The maximum absolute atomic E-state index is 11.4. The Labute approximate surface area is 167 Å². The first-order valence-electron chi connectivity index (χ1n) is 8.52. The molecule has 0 amide bonds. The molecule has 3 rings (SSSR count). The van der Waals surface area contributed by atoms with Crippen molar-refractivity contribution in [2.75, 3.05) is 26.3 Å². The first-order chi connectivity index (χ1) is 13.1. The Hall–Kier alpha value is -2.21. The van der Waals surface area contributed by atoms with E-state index < -0.39 is 5.97 Å². The van der Waals surface area contributed by atoms with Crippen molar-refractivity contribution in [3.63, 3.8) is 0 Å². The highest BCUT2D eigenvalue weighted by atomic mass is 35.5. The SMILES string of the molecule is O=C(O)C1=C(c2ccc(OCCOc3cccc(Cl)c3Cl)cc2)CCNC1. The van der Waals surface area contributed by atoms with Crippen LogP contribution in [0.4, 0.5) is 0 Å². The summed E-state index contributed by atoms with van der Waals surface area (Å²) in [5, 5.41) is 13.3. The van der Waals surface area contributed by atoms with E-state index in [1.807, 2.05) is 24.3 Å². The molecule has 27 heavy (non-hydrogen) atoms. The van der Waals surface area contributed by atoms with Crippen molar-refractivity contribution >= 4 is 34.7 Å². The monoisotopic (exact) mass is 407 g/mol. The first kappa shape index (κ1) is 19.5. The van der Waals surface area contributed by atoms with Crippen LogP contribution in [0.2, 0.25) is 10.0 Å². The molecule has 0 radical (unpaired) electrons. The number of nitrogens with one attached hydrogen (secondary N) is 1. The lowest BCUT2D eigenvalue weighted by Crippen LogP contribution is -2.28. The lowest BCUT2D eigenvalue weighted by molar-refractivity contribution is -0.132. The minimum atomic E-state index is -0.880. The van der Waals surface area contributed by atoms with Gasteiger partial charge in [-0.3, -0.25) is 0 Å². The maximum Gasteiger partial charge on any atom is 0.333 e. The number of carbonyl (C=O) groups is 1. The van der Waals surface area contributed by atoms with Gasteiger partial charge >= 0.3 is 5.97 Å². The van der Waals surface area contributed by atoms with E-state index in [0.717, 1.165) is 17.7 Å². The molecule has 1 aliphatic rings. The summed E-state index contributed by atoms with van der Waals surface area (Å²) >= 11 is 12.0. The lowest BCUT2D eigenvalue weighted by atomic mass is 9.94. The molecule has 0 aliphatic carbocycles. The van der Waals surface area contributed by atoms with Gasteiger partial charge in [0, 0.05) is 6.54 Å². The fourth-order valence-corrected chi connectivity index (χ4v) is 3.21. The van der Waals surface area contributed by atoms with Crippen molar-refractivity contribution in [2.45, 2.75) is 6.42 Å². The zero-order valence-corrected chi connectivity index (χ0v) is 16.0. The molecule has 0 spiro atoms. The summed E-state index contributed by atoms with van der Waals surface area (Å²) in [4.78, 5) is 11.4. The van der Waals surface area contributed by atoms with Gasteiger partial charge in [0.05, 0.1) is 10.6 Å². The summed E-state index contributed by atoms with van der Waals surface area (Å²) in [6.45, 7) is 1.82. The Morgan fingerprint density at radius 3 is 2.56 bits per heavy atom. The van der Waals surface area contributed by atoms with Gasteiger partial charge in [0.2, 0.25) is 0 Å². The molecule has 0 aromatic heterocycles. The summed E-state index contributed by atoms with van der Waals surface area (Å²) in [5.41, 5.74) is 2.19.